The summed E-state index contributed by atoms with van der Waals surface area (Å²) in [6, 6.07) is 4.26. The highest BCUT2D eigenvalue weighted by Gasteiger charge is 2.31. The molecule has 3 N–H and O–H groups in total. The molecule has 0 radical (unpaired) electrons. The molecule has 0 saturated carbocycles. The number of aliphatic hydroxyl groups excluding tert-OH is 1. The predicted molar refractivity (Wildman–Crippen MR) is 66.1 cm³/mol. The van der Waals surface area contributed by atoms with Gasteiger partial charge in [-0.1, -0.05) is 6.07 Å². The number of alkyl halides is 3. The van der Waals surface area contributed by atoms with E-state index in [4.69, 9.17) is 0 Å². The quantitative estimate of drug-likeness (QED) is 0.778. The number of carbonyl (C=O) groups is 1. The van der Waals surface area contributed by atoms with E-state index in [1.807, 2.05) is 0 Å². The van der Waals surface area contributed by atoms with Crippen LogP contribution < -0.4 is 10.6 Å². The lowest BCUT2D eigenvalue weighted by Crippen LogP contribution is -2.34. The molecule has 1 amide bonds. The second-order valence-electron chi connectivity index (χ2n) is 4.77. The van der Waals surface area contributed by atoms with Crippen LogP contribution in [-0.2, 0) is 6.18 Å². The minimum Gasteiger partial charge on any atom is -0.391 e. The average molecular weight is 288 g/mol. The Morgan fingerprint density at radius 3 is 2.75 bits per heavy atom. The SMILES string of the molecule is O=C(NCC1CNCC1O)c1cccc(C(F)(F)F)c1. The first-order valence-corrected chi connectivity index (χ1v) is 6.22. The monoisotopic (exact) mass is 288 g/mol. The average Bonchev–Trinajstić information content (AvgIpc) is 2.81. The van der Waals surface area contributed by atoms with Gasteiger partial charge in [0.25, 0.3) is 5.91 Å². The van der Waals surface area contributed by atoms with Crippen molar-refractivity contribution in [1.82, 2.24) is 10.6 Å². The highest BCUT2D eigenvalue weighted by Crippen LogP contribution is 2.29. The van der Waals surface area contributed by atoms with Gasteiger partial charge in [-0.05, 0) is 18.2 Å². The Kier molecular flexibility index (Phi) is 4.29. The van der Waals surface area contributed by atoms with Crippen molar-refractivity contribution in [3.8, 4) is 0 Å². The number of hydrogen-bond donors (Lipinski definition) is 3. The molecule has 0 bridgehead atoms. The molecule has 1 heterocycles. The molecule has 7 heteroatoms. The number of aliphatic hydroxyl groups is 1. The summed E-state index contributed by atoms with van der Waals surface area (Å²) in [6.45, 7) is 1.26. The highest BCUT2D eigenvalue weighted by atomic mass is 19.4. The zero-order valence-corrected chi connectivity index (χ0v) is 10.6. The smallest absolute Gasteiger partial charge is 0.391 e. The van der Waals surface area contributed by atoms with Crippen LogP contribution >= 0.6 is 0 Å². The van der Waals surface area contributed by atoms with Gasteiger partial charge in [0.2, 0.25) is 0 Å². The molecule has 110 valence electrons. The molecule has 20 heavy (non-hydrogen) atoms. The summed E-state index contributed by atoms with van der Waals surface area (Å²) in [5, 5.41) is 15.1. The van der Waals surface area contributed by atoms with Crippen LogP contribution in [0.25, 0.3) is 0 Å². The molecule has 0 aromatic heterocycles. The lowest BCUT2D eigenvalue weighted by molar-refractivity contribution is -0.137. The van der Waals surface area contributed by atoms with Crippen molar-refractivity contribution < 1.29 is 23.1 Å². The Balaban J connectivity index is 1.99. The topological polar surface area (TPSA) is 61.4 Å². The molecule has 4 nitrogen and oxygen atoms in total. The van der Waals surface area contributed by atoms with Crippen LogP contribution in [0.2, 0.25) is 0 Å². The van der Waals surface area contributed by atoms with Gasteiger partial charge in [-0.15, -0.1) is 0 Å². The molecule has 2 unspecified atom stereocenters. The lowest BCUT2D eigenvalue weighted by Gasteiger charge is -2.14. The number of β-amino-alcohol motifs (C(OH)–C–C–N with tert-alkyl or cyclic N) is 1. The van der Waals surface area contributed by atoms with E-state index in [1.54, 1.807) is 0 Å². The van der Waals surface area contributed by atoms with Gasteiger partial charge in [0.15, 0.2) is 0 Å². The third kappa shape index (κ3) is 3.49. The maximum absolute atomic E-state index is 12.5. The predicted octanol–water partition coefficient (Wildman–Crippen LogP) is 1.02. The molecule has 2 rings (SSSR count). The first kappa shape index (κ1) is 14.8. The summed E-state index contributed by atoms with van der Waals surface area (Å²) in [6.07, 6.45) is -5.02. The Morgan fingerprint density at radius 1 is 1.40 bits per heavy atom. The van der Waals surface area contributed by atoms with Crippen LogP contribution in [-0.4, -0.2) is 36.8 Å². The summed E-state index contributed by atoms with van der Waals surface area (Å²) in [4.78, 5) is 11.8. The second-order valence-corrected chi connectivity index (χ2v) is 4.77. The van der Waals surface area contributed by atoms with Crippen LogP contribution in [0.1, 0.15) is 15.9 Å². The largest absolute Gasteiger partial charge is 0.416 e. The molecular formula is C13H15F3N2O2. The molecule has 1 aliphatic heterocycles. The summed E-state index contributed by atoms with van der Waals surface area (Å²) in [5.41, 5.74) is -0.895. The fourth-order valence-electron chi connectivity index (χ4n) is 2.09. The van der Waals surface area contributed by atoms with Crippen molar-refractivity contribution >= 4 is 5.91 Å². The fraction of sp³-hybridized carbons (Fsp3) is 0.462. The van der Waals surface area contributed by atoms with Crippen molar-refractivity contribution in [3.05, 3.63) is 35.4 Å². The van der Waals surface area contributed by atoms with Crippen molar-refractivity contribution in [3.63, 3.8) is 0 Å². The van der Waals surface area contributed by atoms with Crippen LogP contribution in [0.3, 0.4) is 0 Å². The van der Waals surface area contributed by atoms with Crippen LogP contribution in [0.4, 0.5) is 13.2 Å². The van der Waals surface area contributed by atoms with Gasteiger partial charge in [-0.2, -0.15) is 13.2 Å². The van der Waals surface area contributed by atoms with Crippen molar-refractivity contribution in [2.45, 2.75) is 12.3 Å². The number of rotatable bonds is 3. The van der Waals surface area contributed by atoms with E-state index >= 15 is 0 Å². The molecule has 1 aromatic rings. The number of amides is 1. The molecule has 2 atom stereocenters. The Labute approximate surface area is 114 Å². The van der Waals surface area contributed by atoms with E-state index in [2.05, 4.69) is 10.6 Å². The Hall–Kier alpha value is -1.60. The highest BCUT2D eigenvalue weighted by molar-refractivity contribution is 5.94. The number of carbonyl (C=O) groups excluding carboxylic acids is 1. The zero-order valence-electron chi connectivity index (χ0n) is 10.6. The third-order valence-corrected chi connectivity index (χ3v) is 3.28. The molecule has 0 aliphatic carbocycles. The van der Waals surface area contributed by atoms with Gasteiger partial charge in [-0.25, -0.2) is 0 Å². The molecule has 1 aliphatic rings. The molecule has 0 spiro atoms. The summed E-state index contributed by atoms with van der Waals surface area (Å²) in [5.74, 6) is -0.694. The van der Waals surface area contributed by atoms with Crippen LogP contribution in [0.5, 0.6) is 0 Å². The van der Waals surface area contributed by atoms with Gasteiger partial charge in [0, 0.05) is 31.1 Å². The minimum atomic E-state index is -4.47. The third-order valence-electron chi connectivity index (χ3n) is 3.28. The first-order chi connectivity index (χ1) is 9.38. The number of halogens is 3. The van der Waals surface area contributed by atoms with E-state index in [-0.39, 0.29) is 18.0 Å². The van der Waals surface area contributed by atoms with Gasteiger partial charge in [0.1, 0.15) is 0 Å². The molecule has 1 saturated heterocycles. The van der Waals surface area contributed by atoms with Gasteiger partial charge in [0.05, 0.1) is 11.7 Å². The van der Waals surface area contributed by atoms with Crippen molar-refractivity contribution in [2.24, 2.45) is 5.92 Å². The van der Waals surface area contributed by atoms with Gasteiger partial charge in [-0.3, -0.25) is 4.79 Å². The fourth-order valence-corrected chi connectivity index (χ4v) is 2.09. The molecule has 1 fully saturated rings. The summed E-state index contributed by atoms with van der Waals surface area (Å²) >= 11 is 0. The number of hydrogen-bond acceptors (Lipinski definition) is 3. The Bertz CT molecular complexity index is 491. The van der Waals surface area contributed by atoms with E-state index < -0.39 is 23.8 Å². The van der Waals surface area contributed by atoms with E-state index in [0.717, 1.165) is 12.1 Å². The lowest BCUT2D eigenvalue weighted by atomic mass is 10.1. The normalized spacial score (nSPS) is 22.8. The Morgan fingerprint density at radius 2 is 2.15 bits per heavy atom. The summed E-state index contributed by atoms with van der Waals surface area (Å²) in [7, 11) is 0. The van der Waals surface area contributed by atoms with Crippen molar-refractivity contribution in [1.29, 1.82) is 0 Å². The van der Waals surface area contributed by atoms with E-state index in [9.17, 15) is 23.1 Å². The second kappa shape index (κ2) is 5.80. The van der Waals surface area contributed by atoms with Gasteiger partial charge < -0.3 is 15.7 Å². The van der Waals surface area contributed by atoms with Crippen LogP contribution in [0.15, 0.2) is 24.3 Å². The zero-order chi connectivity index (χ0) is 14.8. The van der Waals surface area contributed by atoms with Gasteiger partial charge >= 0.3 is 6.18 Å². The van der Waals surface area contributed by atoms with Crippen LogP contribution in [0, 0.1) is 5.92 Å². The molecule has 1 aromatic carbocycles. The maximum Gasteiger partial charge on any atom is 0.416 e. The minimum absolute atomic E-state index is 0.0414. The molecular weight excluding hydrogens is 273 g/mol. The van der Waals surface area contributed by atoms with E-state index in [0.29, 0.717) is 13.1 Å². The summed E-state index contributed by atoms with van der Waals surface area (Å²) < 4.78 is 37.6. The van der Waals surface area contributed by atoms with E-state index in [1.165, 1.54) is 12.1 Å². The standard InChI is InChI=1S/C13H15F3N2O2/c14-13(15,16)10-3-1-2-8(4-10)12(20)18-6-9-5-17-7-11(9)19/h1-4,9,11,17,19H,5-7H2,(H,18,20). The number of nitrogens with one attached hydrogen (secondary N) is 2. The maximum atomic E-state index is 12.5. The number of benzene rings is 1. The van der Waals surface area contributed by atoms with Crippen molar-refractivity contribution in [2.75, 3.05) is 19.6 Å². The first-order valence-electron chi connectivity index (χ1n) is 6.22.